The summed E-state index contributed by atoms with van der Waals surface area (Å²) in [6, 6.07) is 0. The van der Waals surface area contributed by atoms with Crippen LogP contribution in [-0.4, -0.2) is 18.1 Å². The number of hydrogen-bond donors (Lipinski definition) is 1. The Labute approximate surface area is 95.1 Å². The first-order valence-electron chi connectivity index (χ1n) is 5.95. The number of nitrogens with one attached hydrogen (secondary N) is 1. The van der Waals surface area contributed by atoms with Gasteiger partial charge in [0.05, 0.1) is 5.01 Å². The van der Waals surface area contributed by atoms with Gasteiger partial charge in [0.15, 0.2) is 0 Å². The normalized spacial score (nSPS) is 29.0. The van der Waals surface area contributed by atoms with Crippen molar-refractivity contribution in [3.05, 3.63) is 16.1 Å². The fraction of sp³-hybridized carbons (Fsp3) is 0.750. The van der Waals surface area contributed by atoms with Crippen LogP contribution in [0.1, 0.15) is 48.4 Å². The van der Waals surface area contributed by atoms with Crippen LogP contribution in [0.25, 0.3) is 0 Å². The van der Waals surface area contributed by atoms with Crippen molar-refractivity contribution in [3.63, 3.8) is 0 Å². The second-order valence-electron chi connectivity index (χ2n) is 5.17. The van der Waals surface area contributed by atoms with Gasteiger partial charge >= 0.3 is 0 Å². The Balaban J connectivity index is 1.80. The fourth-order valence-electron chi connectivity index (χ4n) is 2.57. The third-order valence-corrected chi connectivity index (χ3v) is 5.45. The lowest BCUT2D eigenvalue weighted by Crippen LogP contribution is -2.29. The van der Waals surface area contributed by atoms with Crippen molar-refractivity contribution in [2.75, 3.05) is 13.1 Å². The number of nitrogens with zero attached hydrogens (tertiary/aromatic N) is 1. The van der Waals surface area contributed by atoms with Crippen molar-refractivity contribution < 1.29 is 0 Å². The number of aromatic nitrogens is 1. The van der Waals surface area contributed by atoms with Crippen LogP contribution in [-0.2, 0) is 5.41 Å². The summed E-state index contributed by atoms with van der Waals surface area (Å²) < 4.78 is 0. The van der Waals surface area contributed by atoms with Crippen molar-refractivity contribution in [1.82, 2.24) is 10.3 Å². The van der Waals surface area contributed by atoms with E-state index in [0.29, 0.717) is 11.3 Å². The van der Waals surface area contributed by atoms with Gasteiger partial charge < -0.3 is 5.32 Å². The summed E-state index contributed by atoms with van der Waals surface area (Å²) in [5.41, 5.74) is 0.474. The molecule has 1 aliphatic heterocycles. The first-order valence-corrected chi connectivity index (χ1v) is 6.76. The van der Waals surface area contributed by atoms with E-state index in [0.717, 1.165) is 13.1 Å². The molecule has 0 aromatic carbocycles. The topological polar surface area (TPSA) is 24.9 Å². The van der Waals surface area contributed by atoms with Gasteiger partial charge in [0.1, 0.15) is 0 Å². The number of hydrogen-bond acceptors (Lipinski definition) is 3. The second-order valence-corrected chi connectivity index (χ2v) is 6.23. The molecule has 1 aliphatic carbocycles. The lowest BCUT2D eigenvalue weighted by molar-refractivity contribution is 0.277. The highest BCUT2D eigenvalue weighted by Gasteiger charge is 2.36. The molecule has 0 spiro atoms. The molecule has 3 rings (SSSR count). The van der Waals surface area contributed by atoms with Gasteiger partial charge in [0.2, 0.25) is 0 Å². The molecule has 2 fully saturated rings. The zero-order valence-electron chi connectivity index (χ0n) is 9.25. The zero-order chi connectivity index (χ0) is 10.3. The molecular formula is C12H18N2S. The van der Waals surface area contributed by atoms with E-state index in [9.17, 15) is 0 Å². The maximum Gasteiger partial charge on any atom is 0.0971 e. The van der Waals surface area contributed by atoms with Gasteiger partial charge in [0.25, 0.3) is 0 Å². The van der Waals surface area contributed by atoms with E-state index < -0.39 is 0 Å². The molecule has 2 heterocycles. The highest BCUT2D eigenvalue weighted by Crippen LogP contribution is 2.46. The van der Waals surface area contributed by atoms with Gasteiger partial charge in [-0.1, -0.05) is 13.3 Å². The zero-order valence-corrected chi connectivity index (χ0v) is 10.1. The quantitative estimate of drug-likeness (QED) is 0.832. The average molecular weight is 222 g/mol. The second kappa shape index (κ2) is 3.56. The maximum atomic E-state index is 4.62. The molecule has 2 nitrogen and oxygen atoms in total. The molecule has 1 unspecified atom stereocenters. The van der Waals surface area contributed by atoms with E-state index in [-0.39, 0.29) is 0 Å². The van der Waals surface area contributed by atoms with Crippen LogP contribution < -0.4 is 5.32 Å². The summed E-state index contributed by atoms with van der Waals surface area (Å²) in [6.45, 7) is 4.68. The summed E-state index contributed by atoms with van der Waals surface area (Å²) in [5.74, 6) is 0.687. The third kappa shape index (κ3) is 1.62. The Bertz CT molecular complexity index is 348. The summed E-state index contributed by atoms with van der Waals surface area (Å²) in [6.07, 6.45) is 7.52. The standard InChI is InChI=1S/C12H18N2S/c1-12(4-2-5-12)10-8-14-11(15-10)9-3-6-13-7-9/h8-9,13H,2-7H2,1H3. The molecule has 15 heavy (non-hydrogen) atoms. The SMILES string of the molecule is CC1(c2cnc(C3CCNC3)s2)CCC1. The summed E-state index contributed by atoms with van der Waals surface area (Å²) in [5, 5.41) is 4.78. The van der Waals surface area contributed by atoms with Crippen molar-refractivity contribution in [3.8, 4) is 0 Å². The average Bonchev–Trinajstić information content (AvgIpc) is 2.84. The Hall–Kier alpha value is -0.410. The van der Waals surface area contributed by atoms with Gasteiger partial charge in [-0.3, -0.25) is 0 Å². The molecule has 0 radical (unpaired) electrons. The molecule has 1 aromatic heterocycles. The minimum absolute atomic E-state index is 0.474. The lowest BCUT2D eigenvalue weighted by Gasteiger charge is -2.37. The molecule has 1 N–H and O–H groups in total. The minimum atomic E-state index is 0.474. The summed E-state index contributed by atoms with van der Waals surface area (Å²) >= 11 is 1.96. The van der Waals surface area contributed by atoms with Crippen LogP contribution in [0.2, 0.25) is 0 Å². The van der Waals surface area contributed by atoms with E-state index in [4.69, 9.17) is 0 Å². The van der Waals surface area contributed by atoms with Crippen molar-refractivity contribution in [2.24, 2.45) is 0 Å². The van der Waals surface area contributed by atoms with Crippen LogP contribution in [0.15, 0.2) is 6.20 Å². The minimum Gasteiger partial charge on any atom is -0.316 e. The van der Waals surface area contributed by atoms with Crippen LogP contribution in [0, 0.1) is 0 Å². The smallest absolute Gasteiger partial charge is 0.0971 e. The van der Waals surface area contributed by atoms with Crippen molar-refractivity contribution >= 4 is 11.3 Å². The highest BCUT2D eigenvalue weighted by atomic mass is 32.1. The van der Waals surface area contributed by atoms with Gasteiger partial charge in [-0.05, 0) is 25.8 Å². The van der Waals surface area contributed by atoms with Gasteiger partial charge in [-0.15, -0.1) is 11.3 Å². The Morgan fingerprint density at radius 1 is 1.53 bits per heavy atom. The molecule has 82 valence electrons. The largest absolute Gasteiger partial charge is 0.316 e. The van der Waals surface area contributed by atoms with Gasteiger partial charge in [0, 0.05) is 29.0 Å². The lowest BCUT2D eigenvalue weighted by atomic mass is 9.70. The van der Waals surface area contributed by atoms with Crippen molar-refractivity contribution in [2.45, 2.75) is 43.9 Å². The number of thiazole rings is 1. The molecule has 3 heteroatoms. The van der Waals surface area contributed by atoms with Crippen LogP contribution in [0.3, 0.4) is 0 Å². The Morgan fingerprint density at radius 3 is 3.00 bits per heavy atom. The van der Waals surface area contributed by atoms with Gasteiger partial charge in [-0.2, -0.15) is 0 Å². The van der Waals surface area contributed by atoms with Gasteiger partial charge in [-0.25, -0.2) is 4.98 Å². The van der Waals surface area contributed by atoms with E-state index in [1.165, 1.54) is 35.6 Å². The molecule has 0 amide bonds. The third-order valence-electron chi connectivity index (χ3n) is 3.99. The van der Waals surface area contributed by atoms with Crippen LogP contribution in [0.5, 0.6) is 0 Å². The molecule has 0 bridgehead atoms. The Kier molecular flexibility index (Phi) is 2.33. The molecule has 2 aliphatic rings. The Morgan fingerprint density at radius 2 is 2.40 bits per heavy atom. The predicted octanol–water partition coefficient (Wildman–Crippen LogP) is 2.66. The van der Waals surface area contributed by atoms with Crippen LogP contribution >= 0.6 is 11.3 Å². The fourth-order valence-corrected chi connectivity index (χ4v) is 3.83. The summed E-state index contributed by atoms with van der Waals surface area (Å²) in [7, 11) is 0. The molecule has 1 saturated heterocycles. The highest BCUT2D eigenvalue weighted by molar-refractivity contribution is 7.11. The first-order chi connectivity index (χ1) is 7.28. The molecule has 1 atom stereocenters. The van der Waals surface area contributed by atoms with E-state index in [1.54, 1.807) is 0 Å². The van der Waals surface area contributed by atoms with Crippen LogP contribution in [0.4, 0.5) is 0 Å². The summed E-state index contributed by atoms with van der Waals surface area (Å²) in [4.78, 5) is 6.15. The monoisotopic (exact) mass is 222 g/mol. The number of rotatable bonds is 2. The molecule has 1 saturated carbocycles. The molecule has 1 aromatic rings. The maximum absolute atomic E-state index is 4.62. The van der Waals surface area contributed by atoms with E-state index >= 15 is 0 Å². The first kappa shape index (κ1) is 9.79. The van der Waals surface area contributed by atoms with E-state index in [1.807, 2.05) is 11.3 Å². The predicted molar refractivity (Wildman–Crippen MR) is 63.5 cm³/mol. The van der Waals surface area contributed by atoms with E-state index in [2.05, 4.69) is 23.4 Å². The molecular weight excluding hydrogens is 204 g/mol. The van der Waals surface area contributed by atoms with Crippen molar-refractivity contribution in [1.29, 1.82) is 0 Å².